The Morgan fingerprint density at radius 2 is 2.39 bits per heavy atom. The summed E-state index contributed by atoms with van der Waals surface area (Å²) in [6.07, 6.45) is 2.61. The summed E-state index contributed by atoms with van der Waals surface area (Å²) in [6, 6.07) is 0. The molecular weight excluding hydrogens is 240 g/mol. The summed E-state index contributed by atoms with van der Waals surface area (Å²) in [4.78, 5) is 13.5. The van der Waals surface area contributed by atoms with Crippen LogP contribution in [0.15, 0.2) is 17.7 Å². The monoisotopic (exact) mass is 256 g/mol. The molecule has 0 aromatic carbocycles. The number of hydrogen-bond acceptors (Lipinski definition) is 6. The molecule has 0 spiro atoms. The molecule has 8 nitrogen and oxygen atoms in total. The fourth-order valence-electron chi connectivity index (χ4n) is 1.53. The van der Waals surface area contributed by atoms with Gasteiger partial charge in [0.25, 0.3) is 0 Å². The molecule has 0 bridgehead atoms. The van der Waals surface area contributed by atoms with Crippen LogP contribution < -0.4 is 0 Å². The fourth-order valence-corrected chi connectivity index (χ4v) is 1.53. The number of aromatic nitrogens is 2. The van der Waals surface area contributed by atoms with Crippen molar-refractivity contribution in [2.45, 2.75) is 20.4 Å². The van der Waals surface area contributed by atoms with E-state index in [2.05, 4.69) is 10.1 Å². The van der Waals surface area contributed by atoms with Crippen LogP contribution in [-0.2, 0) is 11.3 Å². The minimum absolute atomic E-state index is 0.216. The molecular formula is C10H16N4O4. The Hall–Kier alpha value is -1.96. The van der Waals surface area contributed by atoms with Crippen molar-refractivity contribution in [3.05, 3.63) is 22.6 Å². The van der Waals surface area contributed by atoms with Crippen molar-refractivity contribution in [2.24, 2.45) is 10.6 Å². The lowest BCUT2D eigenvalue weighted by Crippen LogP contribution is -2.32. The minimum Gasteiger partial charge on any atom is -0.411 e. The predicted molar refractivity (Wildman–Crippen MR) is 63.8 cm³/mol. The molecule has 1 heterocycles. The molecule has 0 aliphatic carbocycles. The van der Waals surface area contributed by atoms with Gasteiger partial charge in [0.2, 0.25) is 6.33 Å². The average Bonchev–Trinajstić information content (AvgIpc) is 2.74. The second-order valence-electron chi connectivity index (χ2n) is 4.52. The summed E-state index contributed by atoms with van der Waals surface area (Å²) in [6.45, 7) is 4.31. The molecule has 0 unspecified atom stereocenters. The standard InChI is InChI=1S/C10H16N4O4/c1-10(2,6-18-3)8(12-15)4-13-5-9(11-7-13)14(16)17/h5,7,15H,4,6H2,1-3H3. The Bertz CT molecular complexity index is 452. The van der Waals surface area contributed by atoms with E-state index in [1.807, 2.05) is 13.8 Å². The molecule has 1 aromatic heterocycles. The smallest absolute Gasteiger partial charge is 0.381 e. The second-order valence-corrected chi connectivity index (χ2v) is 4.52. The van der Waals surface area contributed by atoms with Gasteiger partial charge >= 0.3 is 5.82 Å². The molecule has 0 aliphatic rings. The highest BCUT2D eigenvalue weighted by Crippen LogP contribution is 2.20. The lowest BCUT2D eigenvalue weighted by atomic mass is 9.88. The van der Waals surface area contributed by atoms with Gasteiger partial charge in [-0.25, -0.2) is 0 Å². The third-order valence-corrected chi connectivity index (χ3v) is 2.55. The van der Waals surface area contributed by atoms with Crippen LogP contribution in [0.25, 0.3) is 0 Å². The van der Waals surface area contributed by atoms with Crippen LogP contribution in [0, 0.1) is 15.5 Å². The van der Waals surface area contributed by atoms with Crippen LogP contribution in [0.2, 0.25) is 0 Å². The Kier molecular flexibility index (Phi) is 4.38. The Balaban J connectivity index is 2.83. The molecule has 0 aliphatic heterocycles. The number of imidazole rings is 1. The van der Waals surface area contributed by atoms with Crippen molar-refractivity contribution in [1.29, 1.82) is 0 Å². The van der Waals surface area contributed by atoms with Crippen LogP contribution in [-0.4, -0.2) is 39.1 Å². The van der Waals surface area contributed by atoms with Gasteiger partial charge in [-0.05, 0) is 9.91 Å². The topological polar surface area (TPSA) is 103 Å². The van der Waals surface area contributed by atoms with Crippen LogP contribution in [0.1, 0.15) is 13.8 Å². The first kappa shape index (κ1) is 14.1. The predicted octanol–water partition coefficient (Wildman–Crippen LogP) is 1.29. The van der Waals surface area contributed by atoms with Crippen LogP contribution in [0.4, 0.5) is 5.82 Å². The zero-order chi connectivity index (χ0) is 13.8. The highest BCUT2D eigenvalue weighted by Gasteiger charge is 2.26. The summed E-state index contributed by atoms with van der Waals surface area (Å²) < 4.78 is 6.54. The van der Waals surface area contributed by atoms with E-state index in [0.29, 0.717) is 12.3 Å². The van der Waals surface area contributed by atoms with Gasteiger partial charge in [0.1, 0.15) is 6.20 Å². The Labute approximate surface area is 104 Å². The molecule has 0 amide bonds. The first-order chi connectivity index (χ1) is 8.40. The first-order valence-electron chi connectivity index (χ1n) is 5.27. The zero-order valence-corrected chi connectivity index (χ0v) is 10.5. The maximum Gasteiger partial charge on any atom is 0.381 e. The number of nitrogens with zero attached hydrogens (tertiary/aromatic N) is 4. The molecule has 0 saturated carbocycles. The van der Waals surface area contributed by atoms with Crippen LogP contribution in [0.5, 0.6) is 0 Å². The molecule has 0 radical (unpaired) electrons. The molecule has 0 atom stereocenters. The van der Waals surface area contributed by atoms with Crippen LogP contribution in [0.3, 0.4) is 0 Å². The molecule has 8 heteroatoms. The van der Waals surface area contributed by atoms with E-state index in [9.17, 15) is 10.1 Å². The molecule has 0 saturated heterocycles. The van der Waals surface area contributed by atoms with Gasteiger partial charge in [0.05, 0.1) is 18.9 Å². The molecule has 1 aromatic rings. The lowest BCUT2D eigenvalue weighted by Gasteiger charge is -2.24. The van der Waals surface area contributed by atoms with Gasteiger partial charge in [-0.1, -0.05) is 19.0 Å². The summed E-state index contributed by atoms with van der Waals surface area (Å²) in [5.74, 6) is -0.239. The normalized spacial score (nSPS) is 12.7. The van der Waals surface area contributed by atoms with Gasteiger partial charge in [-0.15, -0.1) is 0 Å². The first-order valence-corrected chi connectivity index (χ1v) is 5.27. The van der Waals surface area contributed by atoms with Gasteiger partial charge in [0, 0.05) is 12.5 Å². The number of hydrogen-bond donors (Lipinski definition) is 1. The fraction of sp³-hybridized carbons (Fsp3) is 0.600. The summed E-state index contributed by atoms with van der Waals surface area (Å²) in [5, 5.41) is 22.8. The number of oxime groups is 1. The molecule has 18 heavy (non-hydrogen) atoms. The SMILES string of the molecule is COCC(C)(C)C(Cn1cnc([N+](=O)[O-])c1)=NO. The molecule has 100 valence electrons. The van der Waals surface area contributed by atoms with Crippen molar-refractivity contribution < 1.29 is 14.9 Å². The van der Waals surface area contributed by atoms with E-state index < -0.39 is 10.3 Å². The summed E-state index contributed by atoms with van der Waals surface area (Å²) in [5.41, 5.74) is -0.0145. The minimum atomic E-state index is -0.577. The zero-order valence-electron chi connectivity index (χ0n) is 10.5. The van der Waals surface area contributed by atoms with Crippen molar-refractivity contribution >= 4 is 11.5 Å². The third kappa shape index (κ3) is 3.27. The largest absolute Gasteiger partial charge is 0.411 e. The highest BCUT2D eigenvalue weighted by atomic mass is 16.6. The lowest BCUT2D eigenvalue weighted by molar-refractivity contribution is -0.389. The van der Waals surface area contributed by atoms with E-state index >= 15 is 0 Å². The number of methoxy groups -OCH3 is 1. The van der Waals surface area contributed by atoms with Crippen LogP contribution >= 0.6 is 0 Å². The third-order valence-electron chi connectivity index (χ3n) is 2.55. The number of ether oxygens (including phenoxy) is 1. The maximum absolute atomic E-state index is 10.5. The van der Waals surface area contributed by atoms with E-state index in [4.69, 9.17) is 9.94 Å². The van der Waals surface area contributed by atoms with Gasteiger partial charge in [-0.3, -0.25) is 0 Å². The second kappa shape index (κ2) is 5.58. The number of rotatable bonds is 6. The van der Waals surface area contributed by atoms with E-state index in [0.717, 1.165) is 0 Å². The average molecular weight is 256 g/mol. The highest BCUT2D eigenvalue weighted by molar-refractivity contribution is 5.89. The Morgan fingerprint density at radius 3 is 2.83 bits per heavy atom. The van der Waals surface area contributed by atoms with Gasteiger partial charge in [0.15, 0.2) is 0 Å². The summed E-state index contributed by atoms with van der Waals surface area (Å²) in [7, 11) is 1.55. The van der Waals surface area contributed by atoms with Crippen molar-refractivity contribution in [1.82, 2.24) is 9.55 Å². The van der Waals surface area contributed by atoms with Crippen molar-refractivity contribution in [3.8, 4) is 0 Å². The van der Waals surface area contributed by atoms with E-state index in [1.165, 1.54) is 17.1 Å². The van der Waals surface area contributed by atoms with Crippen molar-refractivity contribution in [2.75, 3.05) is 13.7 Å². The quantitative estimate of drug-likeness (QED) is 0.357. The summed E-state index contributed by atoms with van der Waals surface area (Å²) >= 11 is 0. The van der Waals surface area contributed by atoms with E-state index in [-0.39, 0.29) is 12.4 Å². The molecule has 1 N–H and O–H groups in total. The maximum atomic E-state index is 10.5. The number of nitro groups is 1. The molecule has 0 fully saturated rings. The Morgan fingerprint density at radius 1 is 1.72 bits per heavy atom. The van der Waals surface area contributed by atoms with Gasteiger partial charge in [-0.2, -0.15) is 0 Å². The van der Waals surface area contributed by atoms with Gasteiger partial charge < -0.3 is 24.6 Å². The van der Waals surface area contributed by atoms with Crippen molar-refractivity contribution in [3.63, 3.8) is 0 Å². The molecule has 1 rings (SSSR count). The van der Waals surface area contributed by atoms with E-state index in [1.54, 1.807) is 7.11 Å².